The van der Waals surface area contributed by atoms with Crippen molar-refractivity contribution >= 4 is 89.3 Å². The zero-order chi connectivity index (χ0) is 52.1. The molecule has 0 atom stereocenters. The Bertz CT molecular complexity index is 2770. The van der Waals surface area contributed by atoms with E-state index in [9.17, 15) is 18.8 Å². The fourth-order valence-electron chi connectivity index (χ4n) is 8.13. The molecule has 3 aromatic heterocycles. The van der Waals surface area contributed by atoms with Crippen LogP contribution in [0.4, 0.5) is 10.1 Å². The van der Waals surface area contributed by atoms with E-state index in [0.717, 1.165) is 106 Å². The molecular formula is C51H55Br2FN10O5S3. The molecule has 0 spiro atoms. The van der Waals surface area contributed by atoms with Crippen LogP contribution >= 0.6 is 65.9 Å². The number of rotatable bonds is 12. The highest BCUT2D eigenvalue weighted by molar-refractivity contribution is 9.11. The third kappa shape index (κ3) is 17.5. The van der Waals surface area contributed by atoms with E-state index in [1.807, 2.05) is 48.5 Å². The van der Waals surface area contributed by atoms with Crippen molar-refractivity contribution in [1.82, 2.24) is 35.4 Å². The van der Waals surface area contributed by atoms with Gasteiger partial charge in [-0.15, -0.1) is 22.7 Å². The second-order valence-corrected chi connectivity index (χ2v) is 22.7. The molecule has 3 N–H and O–H groups in total. The normalized spacial score (nSPS) is 15.6. The molecule has 0 unspecified atom stereocenters. The summed E-state index contributed by atoms with van der Waals surface area (Å²) in [6.45, 7) is 9.55. The number of thiazole rings is 3. The van der Waals surface area contributed by atoms with Crippen LogP contribution in [0.5, 0.6) is 5.19 Å². The maximum atomic E-state index is 12.8. The molecule has 3 fully saturated rings. The number of likely N-dealkylation sites (tertiary alicyclic amines) is 2. The van der Waals surface area contributed by atoms with Crippen LogP contribution in [0, 0.1) is 29.6 Å². The molecule has 0 bridgehead atoms. The van der Waals surface area contributed by atoms with Gasteiger partial charge < -0.3 is 25.4 Å². The molecule has 3 aromatic carbocycles. The number of benzene rings is 3. The number of anilines is 1. The second kappa shape index (κ2) is 28.6. The fraction of sp³-hybridized carbons (Fsp3) is 0.373. The van der Waals surface area contributed by atoms with Gasteiger partial charge in [0.25, 0.3) is 17.0 Å². The lowest BCUT2D eigenvalue weighted by molar-refractivity contribution is 0.0701. The molecule has 0 aliphatic carbocycles. The van der Waals surface area contributed by atoms with Crippen LogP contribution in [-0.2, 0) is 13.1 Å². The van der Waals surface area contributed by atoms with Crippen molar-refractivity contribution in [3.05, 3.63) is 142 Å². The van der Waals surface area contributed by atoms with Gasteiger partial charge in [0.1, 0.15) is 20.7 Å². The molecule has 0 saturated carbocycles. The number of amides is 2. The number of piperidine rings is 3. The number of ether oxygens (including phenoxy) is 1. The Morgan fingerprint density at radius 1 is 0.694 bits per heavy atom. The van der Waals surface area contributed by atoms with E-state index in [2.05, 4.69) is 115 Å². The first-order valence-electron chi connectivity index (χ1n) is 23.8. The minimum absolute atomic E-state index is 0.0382. The first-order valence-corrected chi connectivity index (χ1v) is 27.1. The van der Waals surface area contributed by atoms with Gasteiger partial charge in [0, 0.05) is 83.0 Å². The van der Waals surface area contributed by atoms with E-state index in [4.69, 9.17) is 21.7 Å². The SMILES string of the molecule is Cc1ccc(N2CCC(Oc3ncc(C(=O)NC4CCN(Cc5ccc(C#N)cc5)CC4)s3)CC2)cc1.N#Cc1ccc(CN2CCC(NC(=O)c3cnc(Br)s3)CC2)cc1.O=C(O)c1cnc(Br)s1.[2H]CF. The van der Waals surface area contributed by atoms with Gasteiger partial charge in [0.15, 0.2) is 7.83 Å². The molecule has 2 amide bonds. The number of nitrogens with zero attached hydrogens (tertiary/aromatic N) is 8. The van der Waals surface area contributed by atoms with E-state index in [1.165, 1.54) is 51.2 Å². The molecule has 9 rings (SSSR count). The van der Waals surface area contributed by atoms with Crippen molar-refractivity contribution < 1.29 is 30.0 Å². The van der Waals surface area contributed by atoms with Gasteiger partial charge in [-0.2, -0.15) is 10.5 Å². The van der Waals surface area contributed by atoms with Crippen LogP contribution in [0.2, 0.25) is 0 Å². The summed E-state index contributed by atoms with van der Waals surface area (Å²) in [4.78, 5) is 55.9. The number of hydrogen-bond donors (Lipinski definition) is 3. The molecule has 3 aliphatic heterocycles. The Hall–Kier alpha value is -5.65. The molecule has 15 nitrogen and oxygen atoms in total. The Morgan fingerprint density at radius 2 is 1.12 bits per heavy atom. The van der Waals surface area contributed by atoms with Crippen molar-refractivity contribution in [2.24, 2.45) is 0 Å². The first kappa shape index (κ1) is 54.1. The van der Waals surface area contributed by atoms with Crippen molar-refractivity contribution in [3.8, 4) is 17.3 Å². The first-order chi connectivity index (χ1) is 35.3. The predicted octanol–water partition coefficient (Wildman–Crippen LogP) is 10.1. The summed E-state index contributed by atoms with van der Waals surface area (Å²) in [5.41, 5.74) is 6.33. The lowest BCUT2D eigenvalue weighted by atomic mass is 10.0. The Labute approximate surface area is 449 Å². The number of aromatic carboxylic acids is 1. The van der Waals surface area contributed by atoms with Crippen LogP contribution in [0.1, 0.15) is 96.7 Å². The maximum Gasteiger partial charge on any atom is 0.347 e. The number of carboxylic acid groups (broad SMARTS) is 1. The molecule has 6 heterocycles. The fourth-order valence-corrected chi connectivity index (χ4v) is 11.1. The highest BCUT2D eigenvalue weighted by Crippen LogP contribution is 2.28. The topological polar surface area (TPSA) is 201 Å². The summed E-state index contributed by atoms with van der Waals surface area (Å²) in [6, 6.07) is 28.8. The number of carboxylic acids is 1. The highest BCUT2D eigenvalue weighted by atomic mass is 79.9. The van der Waals surface area contributed by atoms with Gasteiger partial charge in [0.2, 0.25) is 0 Å². The van der Waals surface area contributed by atoms with Crippen LogP contribution in [0.25, 0.3) is 0 Å². The standard InChI is InChI=1S/C29H33N5O2S.C17H17BrN4OS.C4H2BrNO2S.CH3F/c1-21-2-8-25(9-3-21)34-16-12-26(13-17-34)36-29-31-19-27(37-29)28(35)32-24-10-14-33(15-11-24)20-23-6-4-22(18-30)5-7-23;18-17-20-10-15(24-17)16(23)21-14-5-7-22(8-6-14)11-13-3-1-12(9-19)2-4-13;5-4-6-1-2(9-4)3(7)8;1-2/h2-9,19,24,26H,10-17,20H2,1H3,(H,32,35);1-4,10,14H,5-8,11H2,(H,21,23);1H,(H,7,8);1H3/i;;;1D. The third-order valence-corrected chi connectivity index (χ3v) is 15.9. The van der Waals surface area contributed by atoms with Gasteiger partial charge in [-0.1, -0.05) is 53.3 Å². The van der Waals surface area contributed by atoms with Crippen molar-refractivity contribution in [2.75, 3.05) is 51.3 Å². The molecule has 21 heteroatoms. The summed E-state index contributed by atoms with van der Waals surface area (Å²) < 4.78 is 23.0. The lowest BCUT2D eigenvalue weighted by Gasteiger charge is -2.33. The average Bonchev–Trinajstić information content (AvgIpc) is 4.19. The van der Waals surface area contributed by atoms with Crippen molar-refractivity contribution in [1.29, 1.82) is 10.5 Å². The van der Waals surface area contributed by atoms with Crippen molar-refractivity contribution in [3.63, 3.8) is 0 Å². The molecule has 0 radical (unpaired) electrons. The average molecular weight is 1160 g/mol. The molecule has 72 heavy (non-hydrogen) atoms. The summed E-state index contributed by atoms with van der Waals surface area (Å²) in [7, 11) is -1.00. The largest absolute Gasteiger partial charge is 0.477 e. The minimum Gasteiger partial charge on any atom is -0.477 e. The second-order valence-electron chi connectivity index (χ2n) is 17.1. The third-order valence-electron chi connectivity index (χ3n) is 12.0. The summed E-state index contributed by atoms with van der Waals surface area (Å²) >= 11 is 10.1. The monoisotopic (exact) mass is 1160 g/mol. The number of nitriles is 2. The predicted molar refractivity (Wildman–Crippen MR) is 287 cm³/mol. The Morgan fingerprint density at radius 3 is 1.53 bits per heavy atom. The van der Waals surface area contributed by atoms with E-state index < -0.39 is 13.1 Å². The van der Waals surface area contributed by atoms with E-state index >= 15 is 0 Å². The van der Waals surface area contributed by atoms with Gasteiger partial charge in [-0.05, 0) is 112 Å². The number of carbonyl (C=O) groups excluding carboxylic acids is 2. The Kier molecular flexibility index (Phi) is 21.5. The van der Waals surface area contributed by atoms with Gasteiger partial charge >= 0.3 is 5.97 Å². The van der Waals surface area contributed by atoms with Gasteiger partial charge in [-0.3, -0.25) is 23.8 Å². The summed E-state index contributed by atoms with van der Waals surface area (Å²) in [6.07, 6.45) is 10.3. The molecule has 3 saturated heterocycles. The smallest absolute Gasteiger partial charge is 0.347 e. The zero-order valence-electron chi connectivity index (χ0n) is 40.5. The Balaban J connectivity index is 0.000000205. The number of nitrogens with one attached hydrogen (secondary N) is 2. The number of alkyl halides is 1. The van der Waals surface area contributed by atoms with Crippen LogP contribution in [0.15, 0.2) is 99.2 Å². The van der Waals surface area contributed by atoms with Crippen molar-refractivity contribution in [2.45, 2.75) is 76.7 Å². The quantitative estimate of drug-likeness (QED) is 0.105. The van der Waals surface area contributed by atoms with Crippen LogP contribution in [0.3, 0.4) is 0 Å². The van der Waals surface area contributed by atoms with Gasteiger partial charge in [-0.25, -0.2) is 19.7 Å². The number of aryl methyl sites for hydroxylation is 1. The lowest BCUT2D eigenvalue weighted by Crippen LogP contribution is -2.44. The number of halogens is 3. The summed E-state index contributed by atoms with van der Waals surface area (Å²) in [5, 5.41) is 33.0. The molecule has 6 aromatic rings. The van der Waals surface area contributed by atoms with E-state index in [-0.39, 0.29) is 34.9 Å². The summed E-state index contributed by atoms with van der Waals surface area (Å²) in [5.74, 6) is -1.03. The molecule has 3 aliphatic rings. The highest BCUT2D eigenvalue weighted by Gasteiger charge is 2.26. The number of hydrogen-bond acceptors (Lipinski definition) is 15. The number of carbonyl (C=O) groups is 3. The van der Waals surface area contributed by atoms with E-state index in [0.29, 0.717) is 30.0 Å². The molecular weight excluding hydrogens is 1110 g/mol. The zero-order valence-corrected chi connectivity index (χ0v) is 45.1. The number of aromatic nitrogens is 3. The maximum absolute atomic E-state index is 12.8. The van der Waals surface area contributed by atoms with Gasteiger partial charge in [0.05, 0.1) is 50.4 Å². The van der Waals surface area contributed by atoms with Crippen LogP contribution < -0.4 is 20.3 Å². The van der Waals surface area contributed by atoms with Crippen LogP contribution in [-0.4, -0.2) is 112 Å². The molecule has 378 valence electrons. The minimum atomic E-state index is -1.00. The van der Waals surface area contributed by atoms with E-state index in [1.54, 1.807) is 12.4 Å².